The van der Waals surface area contributed by atoms with Crippen LogP contribution in [0.4, 0.5) is 0 Å². The zero-order valence-corrected chi connectivity index (χ0v) is 9.21. The van der Waals surface area contributed by atoms with Crippen LogP contribution in [0.5, 0.6) is 0 Å². The normalized spacial score (nSPS) is 10.1. The van der Waals surface area contributed by atoms with Crippen LogP contribution in [0.15, 0.2) is 23.1 Å². The van der Waals surface area contributed by atoms with Crippen molar-refractivity contribution in [1.82, 2.24) is 0 Å². The summed E-state index contributed by atoms with van der Waals surface area (Å²) in [6.07, 6.45) is 2.45. The van der Waals surface area contributed by atoms with Crippen molar-refractivity contribution in [3.05, 3.63) is 28.8 Å². The highest BCUT2D eigenvalue weighted by molar-refractivity contribution is 7.98. The lowest BCUT2D eigenvalue weighted by Gasteiger charge is -2.06. The molecule has 1 rings (SSSR count). The van der Waals surface area contributed by atoms with Crippen molar-refractivity contribution in [2.75, 3.05) is 6.26 Å². The van der Waals surface area contributed by atoms with Gasteiger partial charge in [0.2, 0.25) is 0 Å². The number of carbonyl (C=O) groups is 1. The number of hydrogen-bond donors (Lipinski definition) is 0. The molecule has 0 fully saturated rings. The predicted octanol–water partition coefficient (Wildman–Crippen LogP) is 3.65. The van der Waals surface area contributed by atoms with Gasteiger partial charge in [-0.3, -0.25) is 4.79 Å². The first-order valence-corrected chi connectivity index (χ1v) is 5.66. The van der Waals surface area contributed by atoms with Crippen LogP contribution in [0.25, 0.3) is 0 Å². The molecule has 0 heterocycles. The zero-order chi connectivity index (χ0) is 9.84. The van der Waals surface area contributed by atoms with E-state index in [-0.39, 0.29) is 5.78 Å². The minimum atomic E-state index is 0.145. The van der Waals surface area contributed by atoms with E-state index in [1.165, 1.54) is 11.8 Å². The van der Waals surface area contributed by atoms with E-state index in [0.717, 1.165) is 10.5 Å². The van der Waals surface area contributed by atoms with Gasteiger partial charge < -0.3 is 0 Å². The summed E-state index contributed by atoms with van der Waals surface area (Å²) in [5.74, 6) is 0.145. The molecule has 0 aliphatic rings. The van der Waals surface area contributed by atoms with Gasteiger partial charge in [-0.1, -0.05) is 30.7 Å². The molecule has 13 heavy (non-hydrogen) atoms. The van der Waals surface area contributed by atoms with Crippen LogP contribution in [-0.2, 0) is 0 Å². The van der Waals surface area contributed by atoms with E-state index in [1.54, 1.807) is 6.07 Å². The van der Waals surface area contributed by atoms with Gasteiger partial charge in [-0.15, -0.1) is 11.8 Å². The highest BCUT2D eigenvalue weighted by Gasteiger charge is 2.10. The molecule has 0 N–H and O–H groups in total. The number of thioether (sulfide) groups is 1. The third kappa shape index (κ3) is 2.26. The van der Waals surface area contributed by atoms with Crippen LogP contribution < -0.4 is 0 Å². The number of hydrogen-bond acceptors (Lipinski definition) is 2. The number of Topliss-reactive ketones (excluding diaryl/α,β-unsaturated/α-hetero) is 1. The van der Waals surface area contributed by atoms with Gasteiger partial charge in [0.15, 0.2) is 5.78 Å². The molecule has 0 aliphatic heterocycles. The second-order valence-electron chi connectivity index (χ2n) is 2.60. The fourth-order valence-electron chi connectivity index (χ4n) is 1.13. The third-order valence-electron chi connectivity index (χ3n) is 1.79. The summed E-state index contributed by atoms with van der Waals surface area (Å²) < 4.78 is 0. The van der Waals surface area contributed by atoms with E-state index < -0.39 is 0 Å². The zero-order valence-electron chi connectivity index (χ0n) is 7.63. The quantitative estimate of drug-likeness (QED) is 0.564. The van der Waals surface area contributed by atoms with Crippen molar-refractivity contribution in [3.63, 3.8) is 0 Å². The summed E-state index contributed by atoms with van der Waals surface area (Å²) in [5, 5.41) is 0.659. The van der Waals surface area contributed by atoms with Gasteiger partial charge in [0.25, 0.3) is 0 Å². The van der Waals surface area contributed by atoms with Gasteiger partial charge in [-0.25, -0.2) is 0 Å². The fourth-order valence-corrected chi connectivity index (χ4v) is 2.20. The van der Waals surface area contributed by atoms with Crippen LogP contribution in [-0.4, -0.2) is 12.0 Å². The van der Waals surface area contributed by atoms with E-state index in [1.807, 2.05) is 25.3 Å². The van der Waals surface area contributed by atoms with Crippen molar-refractivity contribution in [3.8, 4) is 0 Å². The van der Waals surface area contributed by atoms with E-state index in [4.69, 9.17) is 11.6 Å². The van der Waals surface area contributed by atoms with Gasteiger partial charge in [-0.2, -0.15) is 0 Å². The number of rotatable bonds is 3. The Morgan fingerprint density at radius 2 is 2.23 bits per heavy atom. The summed E-state index contributed by atoms with van der Waals surface area (Å²) >= 11 is 7.47. The first-order valence-electron chi connectivity index (χ1n) is 4.06. The Bertz CT molecular complexity index is 323. The molecule has 70 valence electrons. The van der Waals surface area contributed by atoms with E-state index in [9.17, 15) is 4.79 Å². The molecule has 0 unspecified atom stereocenters. The predicted molar refractivity (Wildman–Crippen MR) is 57.9 cm³/mol. The number of ketones is 1. The Kier molecular flexibility index (Phi) is 3.82. The smallest absolute Gasteiger partial charge is 0.163 e. The minimum Gasteiger partial charge on any atom is -0.294 e. The largest absolute Gasteiger partial charge is 0.294 e. The topological polar surface area (TPSA) is 17.1 Å². The molecule has 0 amide bonds. The number of halogens is 1. The second kappa shape index (κ2) is 4.68. The second-order valence-corrected chi connectivity index (χ2v) is 3.82. The van der Waals surface area contributed by atoms with Crippen LogP contribution in [0.3, 0.4) is 0 Å². The van der Waals surface area contributed by atoms with Crippen LogP contribution in [0.1, 0.15) is 23.7 Å². The summed E-state index contributed by atoms with van der Waals surface area (Å²) in [6.45, 7) is 1.85. The highest BCUT2D eigenvalue weighted by atomic mass is 35.5. The summed E-state index contributed by atoms with van der Waals surface area (Å²) in [5.41, 5.74) is 0.738. The van der Waals surface area contributed by atoms with E-state index in [2.05, 4.69) is 0 Å². The third-order valence-corrected chi connectivity index (χ3v) is 3.07. The molecule has 0 saturated heterocycles. The first kappa shape index (κ1) is 10.6. The SMILES string of the molecule is CCC(=O)c1cccc(Cl)c1SC. The molecule has 0 bridgehead atoms. The Hall–Kier alpha value is -0.470. The Balaban J connectivity index is 3.20. The summed E-state index contributed by atoms with van der Waals surface area (Å²) in [7, 11) is 0. The average molecular weight is 215 g/mol. The van der Waals surface area contributed by atoms with Gasteiger partial charge in [-0.05, 0) is 12.3 Å². The molecular weight excluding hydrogens is 204 g/mol. The lowest BCUT2D eigenvalue weighted by atomic mass is 10.1. The minimum absolute atomic E-state index is 0.145. The molecule has 0 aromatic heterocycles. The van der Waals surface area contributed by atoms with Crippen molar-refractivity contribution < 1.29 is 4.79 Å². The van der Waals surface area contributed by atoms with Gasteiger partial charge >= 0.3 is 0 Å². The van der Waals surface area contributed by atoms with E-state index >= 15 is 0 Å². The Morgan fingerprint density at radius 3 is 2.77 bits per heavy atom. The maximum atomic E-state index is 11.5. The average Bonchev–Trinajstić information content (AvgIpc) is 2.16. The molecule has 0 atom stereocenters. The molecule has 0 radical (unpaired) electrons. The fraction of sp³-hybridized carbons (Fsp3) is 0.300. The monoisotopic (exact) mass is 214 g/mol. The van der Waals surface area contributed by atoms with Crippen molar-refractivity contribution in [2.45, 2.75) is 18.2 Å². The lowest BCUT2D eigenvalue weighted by Crippen LogP contribution is -1.98. The maximum absolute atomic E-state index is 11.5. The Morgan fingerprint density at radius 1 is 1.54 bits per heavy atom. The molecule has 0 saturated carbocycles. The molecule has 1 aromatic carbocycles. The summed E-state index contributed by atoms with van der Waals surface area (Å²) in [6, 6.07) is 5.44. The number of benzene rings is 1. The number of carbonyl (C=O) groups excluding carboxylic acids is 1. The maximum Gasteiger partial charge on any atom is 0.163 e. The van der Waals surface area contributed by atoms with Crippen LogP contribution in [0.2, 0.25) is 5.02 Å². The molecule has 0 spiro atoms. The molecule has 0 aliphatic carbocycles. The summed E-state index contributed by atoms with van der Waals surface area (Å²) in [4.78, 5) is 12.4. The van der Waals surface area contributed by atoms with Crippen LogP contribution >= 0.6 is 23.4 Å². The van der Waals surface area contributed by atoms with Gasteiger partial charge in [0.1, 0.15) is 0 Å². The van der Waals surface area contributed by atoms with Gasteiger partial charge in [0.05, 0.1) is 5.02 Å². The van der Waals surface area contributed by atoms with Crippen molar-refractivity contribution in [2.24, 2.45) is 0 Å². The molecule has 1 nitrogen and oxygen atoms in total. The Labute approximate surface area is 87.5 Å². The molecule has 1 aromatic rings. The van der Waals surface area contributed by atoms with Crippen molar-refractivity contribution in [1.29, 1.82) is 0 Å². The van der Waals surface area contributed by atoms with Crippen molar-refractivity contribution >= 4 is 29.1 Å². The van der Waals surface area contributed by atoms with Crippen LogP contribution in [0, 0.1) is 0 Å². The molecular formula is C10H11ClOS. The molecule has 3 heteroatoms. The highest BCUT2D eigenvalue weighted by Crippen LogP contribution is 2.29. The standard InChI is InChI=1S/C10H11ClOS/c1-3-9(12)7-5-4-6-8(11)10(7)13-2/h4-6H,3H2,1-2H3. The first-order chi connectivity index (χ1) is 6.20. The van der Waals surface area contributed by atoms with Gasteiger partial charge in [0, 0.05) is 16.9 Å². The van der Waals surface area contributed by atoms with E-state index in [0.29, 0.717) is 11.4 Å². The lowest BCUT2D eigenvalue weighted by molar-refractivity contribution is 0.0985.